The maximum atomic E-state index is 12.6. The number of carbonyl (C=O) groups is 1. The van der Waals surface area contributed by atoms with Gasteiger partial charge in [-0.3, -0.25) is 9.89 Å². The van der Waals surface area contributed by atoms with Crippen molar-refractivity contribution in [1.29, 1.82) is 0 Å². The Bertz CT molecular complexity index is 421. The molecule has 1 aromatic rings. The summed E-state index contributed by atoms with van der Waals surface area (Å²) in [6.07, 6.45) is 5.45. The highest BCUT2D eigenvalue weighted by molar-refractivity contribution is 5.90. The average Bonchev–Trinajstić information content (AvgIpc) is 3.05. The molecule has 0 radical (unpaired) electrons. The van der Waals surface area contributed by atoms with Gasteiger partial charge >= 0.3 is 0 Å². The Hall–Kier alpha value is -1.39. The molecule has 2 rings (SSSR count). The highest BCUT2D eigenvalue weighted by Gasteiger charge is 2.29. The normalized spacial score (nSPS) is 16.2. The molecule has 0 aliphatic heterocycles. The van der Waals surface area contributed by atoms with Gasteiger partial charge in [-0.2, -0.15) is 0 Å². The van der Waals surface area contributed by atoms with Gasteiger partial charge in [-0.1, -0.05) is 33.6 Å². The number of carbonyl (C=O) groups excluding carboxylic acids is 1. The first kappa shape index (κ1) is 14.0. The van der Waals surface area contributed by atoms with Crippen molar-refractivity contribution in [3.63, 3.8) is 0 Å². The van der Waals surface area contributed by atoms with Crippen LogP contribution in [0.5, 0.6) is 0 Å². The van der Waals surface area contributed by atoms with E-state index in [-0.39, 0.29) is 5.91 Å². The number of hydrogen-bond acceptors (Lipinski definition) is 3. The summed E-state index contributed by atoms with van der Waals surface area (Å²) < 4.78 is 0. The van der Waals surface area contributed by atoms with Crippen LogP contribution in [0.15, 0.2) is 0 Å². The fourth-order valence-electron chi connectivity index (χ4n) is 2.68. The summed E-state index contributed by atoms with van der Waals surface area (Å²) in [5.74, 6) is 1.55. The molecule has 1 heterocycles. The molecule has 0 aromatic carbocycles. The van der Waals surface area contributed by atoms with Gasteiger partial charge in [0.2, 0.25) is 5.82 Å². The number of H-pyrrole nitrogens is 1. The van der Waals surface area contributed by atoms with Gasteiger partial charge in [-0.05, 0) is 18.8 Å². The van der Waals surface area contributed by atoms with Crippen molar-refractivity contribution in [2.75, 3.05) is 6.54 Å². The molecular formula is C14H24N4O. The molecule has 1 aliphatic carbocycles. The summed E-state index contributed by atoms with van der Waals surface area (Å²) in [5, 5.41) is 6.89. The summed E-state index contributed by atoms with van der Waals surface area (Å²) in [6.45, 7) is 7.08. The van der Waals surface area contributed by atoms with Crippen molar-refractivity contribution in [3.05, 3.63) is 11.6 Å². The molecule has 106 valence electrons. The predicted molar refractivity (Wildman–Crippen MR) is 73.9 cm³/mol. The molecule has 0 atom stereocenters. The first-order chi connectivity index (χ1) is 9.11. The highest BCUT2D eigenvalue weighted by Crippen LogP contribution is 2.25. The van der Waals surface area contributed by atoms with Gasteiger partial charge in [0.05, 0.1) is 0 Å². The second-order valence-corrected chi connectivity index (χ2v) is 5.75. The third kappa shape index (κ3) is 3.33. The van der Waals surface area contributed by atoms with Gasteiger partial charge in [-0.25, -0.2) is 4.98 Å². The Labute approximate surface area is 114 Å². The van der Waals surface area contributed by atoms with Crippen molar-refractivity contribution in [1.82, 2.24) is 20.1 Å². The van der Waals surface area contributed by atoms with E-state index < -0.39 is 0 Å². The standard InChI is InChI=1S/C14H24N4O/c1-4-12-15-13(17-16-12)14(19)18(9-10(2)3)11-7-5-6-8-11/h10-11H,4-9H2,1-3H3,(H,15,16,17). The largest absolute Gasteiger partial charge is 0.333 e. The second kappa shape index (κ2) is 6.17. The summed E-state index contributed by atoms with van der Waals surface area (Å²) in [5.41, 5.74) is 0. The van der Waals surface area contributed by atoms with E-state index >= 15 is 0 Å². The summed E-state index contributed by atoms with van der Waals surface area (Å²) in [6, 6.07) is 0.374. The Morgan fingerprint density at radius 3 is 2.63 bits per heavy atom. The Balaban J connectivity index is 2.14. The number of hydrogen-bond donors (Lipinski definition) is 1. The number of aromatic amines is 1. The number of aromatic nitrogens is 3. The molecule has 1 fully saturated rings. The zero-order chi connectivity index (χ0) is 13.8. The van der Waals surface area contributed by atoms with Gasteiger partial charge in [0.1, 0.15) is 5.82 Å². The third-order valence-corrected chi connectivity index (χ3v) is 3.65. The fraction of sp³-hybridized carbons (Fsp3) is 0.786. The SMILES string of the molecule is CCc1nc(C(=O)N(CC(C)C)C2CCCC2)n[nH]1. The number of aryl methyl sites for hydroxylation is 1. The predicted octanol–water partition coefficient (Wildman–Crippen LogP) is 2.41. The lowest BCUT2D eigenvalue weighted by molar-refractivity contribution is 0.0643. The lowest BCUT2D eigenvalue weighted by Gasteiger charge is -2.29. The number of nitrogens with zero attached hydrogens (tertiary/aromatic N) is 3. The van der Waals surface area contributed by atoms with Crippen molar-refractivity contribution in [2.24, 2.45) is 5.92 Å². The minimum Gasteiger partial charge on any atom is -0.333 e. The summed E-state index contributed by atoms with van der Waals surface area (Å²) >= 11 is 0. The zero-order valence-electron chi connectivity index (χ0n) is 12.1. The van der Waals surface area contributed by atoms with Crippen molar-refractivity contribution < 1.29 is 4.79 Å². The molecule has 0 spiro atoms. The molecule has 0 saturated heterocycles. The van der Waals surface area contributed by atoms with E-state index in [1.54, 1.807) is 0 Å². The first-order valence-corrected chi connectivity index (χ1v) is 7.34. The van der Waals surface area contributed by atoms with E-state index in [9.17, 15) is 4.79 Å². The van der Waals surface area contributed by atoms with Crippen LogP contribution >= 0.6 is 0 Å². The van der Waals surface area contributed by atoms with Crippen LogP contribution in [0.2, 0.25) is 0 Å². The van der Waals surface area contributed by atoms with Gasteiger partial charge in [0.15, 0.2) is 0 Å². The molecule has 19 heavy (non-hydrogen) atoms. The molecule has 1 amide bonds. The first-order valence-electron chi connectivity index (χ1n) is 7.34. The van der Waals surface area contributed by atoms with Gasteiger partial charge in [-0.15, -0.1) is 5.10 Å². The van der Waals surface area contributed by atoms with Gasteiger partial charge in [0.25, 0.3) is 5.91 Å². The van der Waals surface area contributed by atoms with E-state index in [0.717, 1.165) is 31.6 Å². The molecule has 5 heteroatoms. The van der Waals surface area contributed by atoms with E-state index in [0.29, 0.717) is 17.8 Å². The van der Waals surface area contributed by atoms with Crippen LogP contribution in [-0.4, -0.2) is 38.6 Å². The fourth-order valence-corrected chi connectivity index (χ4v) is 2.68. The Kier molecular flexibility index (Phi) is 4.56. The lowest BCUT2D eigenvalue weighted by atomic mass is 10.1. The Morgan fingerprint density at radius 1 is 1.42 bits per heavy atom. The van der Waals surface area contributed by atoms with Crippen LogP contribution in [0.4, 0.5) is 0 Å². The number of amides is 1. The summed E-state index contributed by atoms with van der Waals surface area (Å²) in [7, 11) is 0. The minimum absolute atomic E-state index is 0.0171. The molecule has 1 aliphatic rings. The smallest absolute Gasteiger partial charge is 0.293 e. The van der Waals surface area contributed by atoms with Crippen LogP contribution < -0.4 is 0 Å². The molecule has 5 nitrogen and oxygen atoms in total. The van der Waals surface area contributed by atoms with Crippen molar-refractivity contribution in [3.8, 4) is 0 Å². The zero-order valence-corrected chi connectivity index (χ0v) is 12.1. The lowest BCUT2D eigenvalue weighted by Crippen LogP contribution is -2.41. The molecule has 1 aromatic heterocycles. The van der Waals surface area contributed by atoms with E-state index in [2.05, 4.69) is 29.0 Å². The van der Waals surface area contributed by atoms with Crippen LogP contribution in [0.3, 0.4) is 0 Å². The maximum absolute atomic E-state index is 12.6. The highest BCUT2D eigenvalue weighted by atomic mass is 16.2. The monoisotopic (exact) mass is 264 g/mol. The third-order valence-electron chi connectivity index (χ3n) is 3.65. The average molecular weight is 264 g/mol. The van der Waals surface area contributed by atoms with E-state index in [1.807, 2.05) is 11.8 Å². The van der Waals surface area contributed by atoms with Gasteiger partial charge in [0, 0.05) is 19.0 Å². The minimum atomic E-state index is -0.0171. The van der Waals surface area contributed by atoms with E-state index in [4.69, 9.17) is 0 Å². The topological polar surface area (TPSA) is 61.9 Å². The molecule has 0 bridgehead atoms. The molecule has 1 saturated carbocycles. The quantitative estimate of drug-likeness (QED) is 0.888. The van der Waals surface area contributed by atoms with Crippen LogP contribution in [0.25, 0.3) is 0 Å². The number of rotatable bonds is 5. The maximum Gasteiger partial charge on any atom is 0.293 e. The van der Waals surface area contributed by atoms with Crippen LogP contribution in [0, 0.1) is 5.92 Å². The molecular weight excluding hydrogens is 240 g/mol. The van der Waals surface area contributed by atoms with Gasteiger partial charge < -0.3 is 4.90 Å². The van der Waals surface area contributed by atoms with Crippen molar-refractivity contribution >= 4 is 5.91 Å². The molecule has 1 N–H and O–H groups in total. The van der Waals surface area contributed by atoms with Crippen molar-refractivity contribution in [2.45, 2.75) is 58.9 Å². The van der Waals surface area contributed by atoms with E-state index in [1.165, 1.54) is 12.8 Å². The van der Waals surface area contributed by atoms with Crippen LogP contribution in [-0.2, 0) is 6.42 Å². The summed E-state index contributed by atoms with van der Waals surface area (Å²) in [4.78, 5) is 18.8. The second-order valence-electron chi connectivity index (χ2n) is 5.75. The molecule has 0 unspecified atom stereocenters. The van der Waals surface area contributed by atoms with Crippen LogP contribution in [0.1, 0.15) is 62.9 Å². The Morgan fingerprint density at radius 2 is 2.11 bits per heavy atom. The number of nitrogens with one attached hydrogen (secondary N) is 1.